The first kappa shape index (κ1) is 22.7. The van der Waals surface area contributed by atoms with Crippen LogP contribution < -0.4 is 14.2 Å². The van der Waals surface area contributed by atoms with Gasteiger partial charge in [-0.1, -0.05) is 6.07 Å². The summed E-state index contributed by atoms with van der Waals surface area (Å²) in [7, 11) is 4.68. The summed E-state index contributed by atoms with van der Waals surface area (Å²) < 4.78 is 54.4. The Kier molecular flexibility index (Phi) is 6.94. The van der Waals surface area contributed by atoms with Crippen molar-refractivity contribution in [3.63, 3.8) is 0 Å². The topological polar surface area (TPSA) is 51.2 Å². The predicted octanol–water partition coefficient (Wildman–Crippen LogP) is 3.69. The molecule has 0 atom stereocenters. The lowest BCUT2D eigenvalue weighted by atomic mass is 10.1. The van der Waals surface area contributed by atoms with E-state index < -0.39 is 11.7 Å². The summed E-state index contributed by atoms with van der Waals surface area (Å²) in [5.41, 5.74) is 0.420. The van der Waals surface area contributed by atoms with Crippen molar-refractivity contribution >= 4 is 5.91 Å². The van der Waals surface area contributed by atoms with Gasteiger partial charge in [0.2, 0.25) is 5.75 Å². The molecule has 168 valence electrons. The molecule has 31 heavy (non-hydrogen) atoms. The number of halogens is 3. The van der Waals surface area contributed by atoms with E-state index in [4.69, 9.17) is 14.2 Å². The van der Waals surface area contributed by atoms with E-state index in [2.05, 4.69) is 4.90 Å². The number of benzene rings is 2. The molecule has 1 aliphatic rings. The van der Waals surface area contributed by atoms with E-state index in [1.165, 1.54) is 12.1 Å². The van der Waals surface area contributed by atoms with Crippen LogP contribution in [0.25, 0.3) is 0 Å². The first-order chi connectivity index (χ1) is 14.8. The predicted molar refractivity (Wildman–Crippen MR) is 109 cm³/mol. The van der Waals surface area contributed by atoms with Gasteiger partial charge >= 0.3 is 6.18 Å². The zero-order valence-electron chi connectivity index (χ0n) is 17.7. The van der Waals surface area contributed by atoms with Gasteiger partial charge in [0.25, 0.3) is 5.91 Å². The van der Waals surface area contributed by atoms with Crippen LogP contribution in [0.3, 0.4) is 0 Å². The lowest BCUT2D eigenvalue weighted by molar-refractivity contribution is -0.137. The number of hydrogen-bond acceptors (Lipinski definition) is 5. The maximum absolute atomic E-state index is 12.7. The van der Waals surface area contributed by atoms with E-state index in [-0.39, 0.29) is 11.5 Å². The number of ether oxygens (including phenoxy) is 3. The molecule has 0 N–H and O–H groups in total. The number of carbonyl (C=O) groups excluding carboxylic acids is 1. The van der Waals surface area contributed by atoms with Gasteiger partial charge in [0, 0.05) is 43.9 Å². The van der Waals surface area contributed by atoms with Gasteiger partial charge in [0.15, 0.2) is 11.5 Å². The number of rotatable bonds is 6. The van der Waals surface area contributed by atoms with E-state index in [1.807, 2.05) is 12.1 Å². The molecule has 3 rings (SSSR count). The lowest BCUT2D eigenvalue weighted by Gasteiger charge is -2.35. The fourth-order valence-corrected chi connectivity index (χ4v) is 3.62. The Bertz CT molecular complexity index is 908. The van der Waals surface area contributed by atoms with Crippen molar-refractivity contribution in [3.05, 3.63) is 53.1 Å². The SMILES string of the molecule is COc1ccc(CN2CCN(C(=O)c3ccc(C(F)(F)F)cc3)CC2)c(OC)c1OC. The van der Waals surface area contributed by atoms with Crippen LogP contribution in [-0.4, -0.2) is 63.2 Å². The first-order valence-corrected chi connectivity index (χ1v) is 9.75. The van der Waals surface area contributed by atoms with Crippen molar-refractivity contribution in [1.82, 2.24) is 9.80 Å². The fourth-order valence-electron chi connectivity index (χ4n) is 3.62. The van der Waals surface area contributed by atoms with Crippen LogP contribution in [0, 0.1) is 0 Å². The Balaban J connectivity index is 1.63. The second-order valence-corrected chi connectivity index (χ2v) is 7.14. The average molecular weight is 438 g/mol. The summed E-state index contributed by atoms with van der Waals surface area (Å²) >= 11 is 0. The number of piperazine rings is 1. The molecule has 0 unspecified atom stereocenters. The highest BCUT2D eigenvalue weighted by Crippen LogP contribution is 2.40. The van der Waals surface area contributed by atoms with Gasteiger partial charge in [-0.15, -0.1) is 0 Å². The first-order valence-electron chi connectivity index (χ1n) is 9.75. The number of carbonyl (C=O) groups is 1. The molecule has 1 amide bonds. The molecule has 1 fully saturated rings. The summed E-state index contributed by atoms with van der Waals surface area (Å²) in [6.45, 7) is 2.82. The molecule has 0 aromatic heterocycles. The normalized spacial score (nSPS) is 15.0. The van der Waals surface area contributed by atoms with Gasteiger partial charge in [0.05, 0.1) is 26.9 Å². The third-order valence-corrected chi connectivity index (χ3v) is 5.30. The van der Waals surface area contributed by atoms with E-state index >= 15 is 0 Å². The molecule has 9 heteroatoms. The van der Waals surface area contributed by atoms with Crippen molar-refractivity contribution < 1.29 is 32.2 Å². The minimum atomic E-state index is -4.42. The van der Waals surface area contributed by atoms with Crippen LogP contribution in [-0.2, 0) is 12.7 Å². The molecule has 0 saturated carbocycles. The molecular formula is C22H25F3N2O4. The van der Waals surface area contributed by atoms with Gasteiger partial charge in [-0.05, 0) is 30.3 Å². The second kappa shape index (κ2) is 9.47. The van der Waals surface area contributed by atoms with Crippen molar-refractivity contribution in [2.75, 3.05) is 47.5 Å². The summed E-state index contributed by atoms with van der Waals surface area (Å²) in [4.78, 5) is 16.5. The molecule has 0 spiro atoms. The zero-order chi connectivity index (χ0) is 22.6. The monoisotopic (exact) mass is 438 g/mol. The molecular weight excluding hydrogens is 413 g/mol. The molecule has 0 radical (unpaired) electrons. The van der Waals surface area contributed by atoms with Crippen LogP contribution >= 0.6 is 0 Å². The van der Waals surface area contributed by atoms with E-state index in [1.54, 1.807) is 26.2 Å². The van der Waals surface area contributed by atoms with Gasteiger partial charge < -0.3 is 19.1 Å². The van der Waals surface area contributed by atoms with E-state index in [9.17, 15) is 18.0 Å². The van der Waals surface area contributed by atoms with E-state index in [0.29, 0.717) is 50.0 Å². The van der Waals surface area contributed by atoms with Crippen LogP contribution in [0.4, 0.5) is 13.2 Å². The molecule has 6 nitrogen and oxygen atoms in total. The van der Waals surface area contributed by atoms with Crippen LogP contribution in [0.15, 0.2) is 36.4 Å². The quantitative estimate of drug-likeness (QED) is 0.689. The molecule has 1 heterocycles. The Hall–Kier alpha value is -2.94. The number of amides is 1. The maximum atomic E-state index is 12.7. The molecule has 1 saturated heterocycles. The number of hydrogen-bond donors (Lipinski definition) is 0. The highest BCUT2D eigenvalue weighted by Gasteiger charge is 2.31. The highest BCUT2D eigenvalue weighted by atomic mass is 19.4. The standard InChI is InChI=1S/C22H25F3N2O4/c1-29-18-9-6-16(19(30-2)20(18)31-3)14-26-10-12-27(13-11-26)21(28)15-4-7-17(8-5-15)22(23,24)25/h4-9H,10-14H2,1-3H3. The van der Waals surface area contributed by atoms with Gasteiger partial charge in [-0.2, -0.15) is 13.2 Å². The third-order valence-electron chi connectivity index (χ3n) is 5.30. The second-order valence-electron chi connectivity index (χ2n) is 7.14. The Labute approximate surface area is 179 Å². The minimum Gasteiger partial charge on any atom is -0.493 e. The highest BCUT2D eigenvalue weighted by molar-refractivity contribution is 5.94. The number of alkyl halides is 3. The average Bonchev–Trinajstić information content (AvgIpc) is 2.78. The smallest absolute Gasteiger partial charge is 0.416 e. The summed E-state index contributed by atoms with van der Waals surface area (Å²) in [6.07, 6.45) is -4.42. The summed E-state index contributed by atoms with van der Waals surface area (Å²) in [5.74, 6) is 1.44. The molecule has 2 aromatic carbocycles. The van der Waals surface area contributed by atoms with Crippen molar-refractivity contribution in [2.45, 2.75) is 12.7 Å². The Morgan fingerprint density at radius 2 is 1.48 bits per heavy atom. The van der Waals surface area contributed by atoms with Crippen molar-refractivity contribution in [3.8, 4) is 17.2 Å². The summed E-state index contributed by atoms with van der Waals surface area (Å²) in [5, 5.41) is 0. The largest absolute Gasteiger partial charge is 0.493 e. The fraction of sp³-hybridized carbons (Fsp3) is 0.409. The van der Waals surface area contributed by atoms with Crippen molar-refractivity contribution in [1.29, 1.82) is 0 Å². The molecule has 2 aromatic rings. The zero-order valence-corrected chi connectivity index (χ0v) is 17.7. The number of nitrogens with zero attached hydrogens (tertiary/aromatic N) is 2. The van der Waals surface area contributed by atoms with Crippen LogP contribution in [0.1, 0.15) is 21.5 Å². The van der Waals surface area contributed by atoms with Crippen molar-refractivity contribution in [2.24, 2.45) is 0 Å². The third kappa shape index (κ3) is 5.04. The molecule has 0 bridgehead atoms. The Morgan fingerprint density at radius 3 is 2.00 bits per heavy atom. The Morgan fingerprint density at radius 1 is 0.871 bits per heavy atom. The summed E-state index contributed by atoms with van der Waals surface area (Å²) in [6, 6.07) is 8.07. The van der Waals surface area contributed by atoms with E-state index in [0.717, 1.165) is 17.7 Å². The molecule has 1 aliphatic heterocycles. The lowest BCUT2D eigenvalue weighted by Crippen LogP contribution is -2.48. The van der Waals surface area contributed by atoms with Gasteiger partial charge in [0.1, 0.15) is 0 Å². The van der Waals surface area contributed by atoms with Crippen LogP contribution in [0.2, 0.25) is 0 Å². The van der Waals surface area contributed by atoms with Crippen LogP contribution in [0.5, 0.6) is 17.2 Å². The molecule has 0 aliphatic carbocycles. The van der Waals surface area contributed by atoms with Gasteiger partial charge in [-0.3, -0.25) is 9.69 Å². The van der Waals surface area contributed by atoms with Gasteiger partial charge in [-0.25, -0.2) is 0 Å². The minimum absolute atomic E-state index is 0.253. The number of methoxy groups -OCH3 is 3. The maximum Gasteiger partial charge on any atom is 0.416 e.